The molecule has 1 rings (SSSR count). The first-order valence-electron chi connectivity index (χ1n) is 6.84. The van der Waals surface area contributed by atoms with Gasteiger partial charge in [0.05, 0.1) is 0 Å². The Kier molecular flexibility index (Phi) is 8.57. The van der Waals surface area contributed by atoms with Crippen molar-refractivity contribution in [3.05, 3.63) is 29.3 Å². The van der Waals surface area contributed by atoms with Gasteiger partial charge in [0.15, 0.2) is 0 Å². The molecule has 0 aliphatic carbocycles. The molecule has 0 aromatic heterocycles. The third-order valence-electron chi connectivity index (χ3n) is 2.90. The zero-order valence-electron chi connectivity index (χ0n) is 11.4. The predicted octanol–water partition coefficient (Wildman–Crippen LogP) is 4.99. The third kappa shape index (κ3) is 7.30. The van der Waals surface area contributed by atoms with Gasteiger partial charge in [-0.3, -0.25) is 0 Å². The average molecular weight is 286 g/mol. The molecule has 1 nitrogen and oxygen atoms in total. The Morgan fingerprint density at radius 2 is 2.17 bits per heavy atom. The SMILES string of the molecule is CCCCCC(C)NCCSc1cccc(Cl)c1. The molecule has 3 heteroatoms. The molecule has 1 aromatic rings. The van der Waals surface area contributed by atoms with Crippen molar-refractivity contribution in [1.82, 2.24) is 5.32 Å². The molecule has 0 heterocycles. The number of thioether (sulfide) groups is 1. The lowest BCUT2D eigenvalue weighted by Crippen LogP contribution is -2.28. The van der Waals surface area contributed by atoms with E-state index in [-0.39, 0.29) is 0 Å². The number of unbranched alkanes of at least 4 members (excludes halogenated alkanes) is 2. The van der Waals surface area contributed by atoms with Crippen LogP contribution in [0.4, 0.5) is 0 Å². The zero-order chi connectivity index (χ0) is 13.2. The lowest BCUT2D eigenvalue weighted by molar-refractivity contribution is 0.502. The van der Waals surface area contributed by atoms with Crippen molar-refractivity contribution < 1.29 is 0 Å². The highest BCUT2D eigenvalue weighted by molar-refractivity contribution is 7.99. The molecule has 0 spiro atoms. The van der Waals surface area contributed by atoms with Crippen molar-refractivity contribution in [1.29, 1.82) is 0 Å². The Hall–Kier alpha value is -0.180. The Balaban J connectivity index is 2.07. The molecular weight excluding hydrogens is 262 g/mol. The summed E-state index contributed by atoms with van der Waals surface area (Å²) in [7, 11) is 0. The van der Waals surface area contributed by atoms with Crippen LogP contribution < -0.4 is 5.32 Å². The van der Waals surface area contributed by atoms with Crippen molar-refractivity contribution >= 4 is 23.4 Å². The van der Waals surface area contributed by atoms with Gasteiger partial charge in [-0.1, -0.05) is 43.9 Å². The molecule has 0 aliphatic rings. The van der Waals surface area contributed by atoms with Crippen LogP contribution in [0, 0.1) is 0 Å². The molecule has 0 aliphatic heterocycles. The standard InChI is InChI=1S/C15H24ClNS/c1-3-4-5-7-13(2)17-10-11-18-15-9-6-8-14(16)12-15/h6,8-9,12-13,17H,3-5,7,10-11H2,1-2H3. The van der Waals surface area contributed by atoms with Crippen LogP contribution in [-0.2, 0) is 0 Å². The number of rotatable bonds is 9. The summed E-state index contributed by atoms with van der Waals surface area (Å²) in [6, 6.07) is 8.69. The first-order chi connectivity index (χ1) is 8.72. The van der Waals surface area contributed by atoms with E-state index in [1.54, 1.807) is 0 Å². The van der Waals surface area contributed by atoms with E-state index in [1.165, 1.54) is 30.6 Å². The minimum absolute atomic E-state index is 0.636. The second-order valence-electron chi connectivity index (χ2n) is 4.66. The number of hydrogen-bond acceptors (Lipinski definition) is 2. The molecule has 1 unspecified atom stereocenters. The summed E-state index contributed by atoms with van der Waals surface area (Å²) >= 11 is 7.81. The minimum atomic E-state index is 0.636. The molecule has 0 radical (unpaired) electrons. The highest BCUT2D eigenvalue weighted by Gasteiger charge is 2.00. The van der Waals surface area contributed by atoms with Gasteiger partial charge in [0, 0.05) is 28.3 Å². The summed E-state index contributed by atoms with van der Waals surface area (Å²) in [6.45, 7) is 5.59. The van der Waals surface area contributed by atoms with Gasteiger partial charge in [-0.2, -0.15) is 0 Å². The van der Waals surface area contributed by atoms with E-state index in [0.717, 1.165) is 17.3 Å². The maximum atomic E-state index is 5.95. The van der Waals surface area contributed by atoms with Crippen LogP contribution in [0.25, 0.3) is 0 Å². The van der Waals surface area contributed by atoms with Crippen molar-refractivity contribution in [3.63, 3.8) is 0 Å². The van der Waals surface area contributed by atoms with Crippen LogP contribution in [0.2, 0.25) is 5.02 Å². The fourth-order valence-corrected chi connectivity index (χ4v) is 2.93. The van der Waals surface area contributed by atoms with Gasteiger partial charge in [-0.25, -0.2) is 0 Å². The highest BCUT2D eigenvalue weighted by atomic mass is 35.5. The molecule has 0 bridgehead atoms. The van der Waals surface area contributed by atoms with Gasteiger partial charge in [0.1, 0.15) is 0 Å². The quantitative estimate of drug-likeness (QED) is 0.507. The van der Waals surface area contributed by atoms with Crippen LogP contribution in [0.3, 0.4) is 0 Å². The molecule has 18 heavy (non-hydrogen) atoms. The summed E-state index contributed by atoms with van der Waals surface area (Å²) in [6.07, 6.45) is 5.28. The van der Waals surface area contributed by atoms with Gasteiger partial charge in [0.25, 0.3) is 0 Å². The Morgan fingerprint density at radius 1 is 1.33 bits per heavy atom. The molecule has 0 saturated heterocycles. The minimum Gasteiger partial charge on any atom is -0.313 e. The smallest absolute Gasteiger partial charge is 0.0417 e. The van der Waals surface area contributed by atoms with Gasteiger partial charge in [-0.05, 0) is 31.5 Å². The van der Waals surface area contributed by atoms with Crippen LogP contribution in [0.1, 0.15) is 39.5 Å². The molecule has 1 aromatic carbocycles. The van der Waals surface area contributed by atoms with E-state index in [9.17, 15) is 0 Å². The molecule has 0 fully saturated rings. The fourth-order valence-electron chi connectivity index (χ4n) is 1.83. The monoisotopic (exact) mass is 285 g/mol. The average Bonchev–Trinajstić information content (AvgIpc) is 2.35. The summed E-state index contributed by atoms with van der Waals surface area (Å²) in [4.78, 5) is 1.25. The number of benzene rings is 1. The van der Waals surface area contributed by atoms with Crippen molar-refractivity contribution in [2.45, 2.75) is 50.5 Å². The first kappa shape index (κ1) is 15.9. The number of nitrogens with one attached hydrogen (secondary N) is 1. The van der Waals surface area contributed by atoms with Crippen LogP contribution in [-0.4, -0.2) is 18.3 Å². The highest BCUT2D eigenvalue weighted by Crippen LogP contribution is 2.20. The molecule has 0 amide bonds. The van der Waals surface area contributed by atoms with Crippen molar-refractivity contribution in [3.8, 4) is 0 Å². The zero-order valence-corrected chi connectivity index (χ0v) is 13.0. The summed E-state index contributed by atoms with van der Waals surface area (Å²) < 4.78 is 0. The topological polar surface area (TPSA) is 12.0 Å². The molecule has 102 valence electrons. The molecule has 0 saturated carbocycles. The van der Waals surface area contributed by atoms with Gasteiger partial charge in [-0.15, -0.1) is 11.8 Å². The van der Waals surface area contributed by atoms with Gasteiger partial charge in [0.2, 0.25) is 0 Å². The summed E-state index contributed by atoms with van der Waals surface area (Å²) in [5.74, 6) is 1.10. The number of halogens is 1. The van der Waals surface area contributed by atoms with Crippen molar-refractivity contribution in [2.75, 3.05) is 12.3 Å². The third-order valence-corrected chi connectivity index (χ3v) is 4.13. The van der Waals surface area contributed by atoms with Crippen LogP contribution in [0.15, 0.2) is 29.2 Å². The van der Waals surface area contributed by atoms with E-state index < -0.39 is 0 Å². The normalized spacial score (nSPS) is 12.6. The molecule has 1 atom stereocenters. The number of hydrogen-bond donors (Lipinski definition) is 1. The first-order valence-corrected chi connectivity index (χ1v) is 8.20. The van der Waals surface area contributed by atoms with E-state index in [4.69, 9.17) is 11.6 Å². The Morgan fingerprint density at radius 3 is 2.89 bits per heavy atom. The van der Waals surface area contributed by atoms with Crippen LogP contribution >= 0.6 is 23.4 Å². The maximum Gasteiger partial charge on any atom is 0.0417 e. The lowest BCUT2D eigenvalue weighted by Gasteiger charge is -2.13. The predicted molar refractivity (Wildman–Crippen MR) is 83.8 cm³/mol. The maximum absolute atomic E-state index is 5.95. The van der Waals surface area contributed by atoms with E-state index in [1.807, 2.05) is 30.0 Å². The van der Waals surface area contributed by atoms with Crippen LogP contribution in [0.5, 0.6) is 0 Å². The van der Waals surface area contributed by atoms with Crippen molar-refractivity contribution in [2.24, 2.45) is 0 Å². The van der Waals surface area contributed by atoms with Gasteiger partial charge < -0.3 is 5.32 Å². The van der Waals surface area contributed by atoms with E-state index in [0.29, 0.717) is 6.04 Å². The Bertz CT molecular complexity index is 330. The lowest BCUT2D eigenvalue weighted by atomic mass is 10.1. The Labute approximate surface area is 121 Å². The largest absolute Gasteiger partial charge is 0.313 e. The molecular formula is C15H24ClNS. The van der Waals surface area contributed by atoms with Gasteiger partial charge >= 0.3 is 0 Å². The summed E-state index contributed by atoms with van der Waals surface area (Å²) in [5, 5.41) is 4.39. The molecule has 1 N–H and O–H groups in total. The summed E-state index contributed by atoms with van der Waals surface area (Å²) in [5.41, 5.74) is 0. The van der Waals surface area contributed by atoms with E-state index in [2.05, 4.69) is 25.2 Å². The second kappa shape index (κ2) is 9.71. The second-order valence-corrected chi connectivity index (χ2v) is 6.26. The van der Waals surface area contributed by atoms with E-state index >= 15 is 0 Å². The fraction of sp³-hybridized carbons (Fsp3) is 0.600.